The molecule has 0 radical (unpaired) electrons. The second-order valence-corrected chi connectivity index (χ2v) is 9.69. The Hall–Kier alpha value is -3.31. The van der Waals surface area contributed by atoms with E-state index in [1.165, 1.54) is 5.56 Å². The van der Waals surface area contributed by atoms with Crippen molar-refractivity contribution in [1.82, 2.24) is 9.80 Å². The average molecular weight is 472 g/mol. The molecule has 1 fully saturated rings. The van der Waals surface area contributed by atoms with Crippen molar-refractivity contribution in [3.8, 4) is 0 Å². The summed E-state index contributed by atoms with van der Waals surface area (Å²) in [5, 5.41) is 0.718. The Labute approximate surface area is 204 Å². The van der Waals surface area contributed by atoms with Gasteiger partial charge in [-0.1, -0.05) is 60.1 Å². The molecular weight excluding hydrogens is 446 g/mol. The first kappa shape index (κ1) is 21.2. The molecule has 172 valence electrons. The topological polar surface area (TPSA) is 43.9 Å². The summed E-state index contributed by atoms with van der Waals surface area (Å²) >= 11 is 6.19. The fourth-order valence-electron chi connectivity index (χ4n) is 5.80. The molecule has 0 saturated carbocycles. The number of piperazine rings is 1. The summed E-state index contributed by atoms with van der Waals surface area (Å²) in [5.74, 6) is -0.254. The number of rotatable bonds is 2. The number of benzene rings is 3. The van der Waals surface area contributed by atoms with E-state index in [0.717, 1.165) is 41.3 Å². The molecule has 0 aliphatic carbocycles. The second kappa shape index (κ2) is 8.48. The molecule has 0 bridgehead atoms. The smallest absolute Gasteiger partial charge is 0.254 e. The first-order valence-electron chi connectivity index (χ1n) is 11.9. The van der Waals surface area contributed by atoms with Crippen LogP contribution in [0.2, 0.25) is 5.02 Å². The van der Waals surface area contributed by atoms with Gasteiger partial charge in [0.15, 0.2) is 0 Å². The maximum atomic E-state index is 14.1. The van der Waals surface area contributed by atoms with Gasteiger partial charge in [0.1, 0.15) is 0 Å². The van der Waals surface area contributed by atoms with Crippen LogP contribution >= 0.6 is 11.6 Å². The lowest BCUT2D eigenvalue weighted by atomic mass is 9.75. The van der Waals surface area contributed by atoms with Gasteiger partial charge < -0.3 is 14.7 Å². The summed E-state index contributed by atoms with van der Waals surface area (Å²) in [6.45, 7) is 3.44. The Kier molecular flexibility index (Phi) is 5.30. The SMILES string of the molecule is O=C(C1c2ccccc2C(=O)N2CCc3ccccc3C12)N1CCN(c2cccc(Cl)c2)CC1. The van der Waals surface area contributed by atoms with Gasteiger partial charge in [-0.3, -0.25) is 9.59 Å². The fraction of sp³-hybridized carbons (Fsp3) is 0.286. The maximum absolute atomic E-state index is 14.1. The second-order valence-electron chi connectivity index (χ2n) is 9.25. The molecule has 3 aliphatic heterocycles. The number of hydrogen-bond acceptors (Lipinski definition) is 3. The quantitative estimate of drug-likeness (QED) is 0.551. The van der Waals surface area contributed by atoms with Crippen LogP contribution in [0.25, 0.3) is 0 Å². The highest BCUT2D eigenvalue weighted by Gasteiger charge is 2.47. The van der Waals surface area contributed by atoms with Crippen LogP contribution in [0.15, 0.2) is 72.8 Å². The minimum atomic E-state index is -0.395. The van der Waals surface area contributed by atoms with Gasteiger partial charge in [-0.2, -0.15) is 0 Å². The highest BCUT2D eigenvalue weighted by molar-refractivity contribution is 6.30. The Balaban J connectivity index is 1.33. The van der Waals surface area contributed by atoms with Crippen molar-refractivity contribution in [2.45, 2.75) is 18.4 Å². The first-order chi connectivity index (χ1) is 16.6. The maximum Gasteiger partial charge on any atom is 0.254 e. The van der Waals surface area contributed by atoms with Crippen LogP contribution < -0.4 is 4.90 Å². The molecule has 1 saturated heterocycles. The third kappa shape index (κ3) is 3.46. The largest absolute Gasteiger partial charge is 0.368 e. The van der Waals surface area contributed by atoms with E-state index in [-0.39, 0.29) is 17.9 Å². The normalized spacial score (nSPS) is 21.6. The number of hydrogen-bond donors (Lipinski definition) is 0. The minimum absolute atomic E-state index is 0.0323. The number of carbonyl (C=O) groups excluding carboxylic acids is 2. The van der Waals surface area contributed by atoms with Crippen LogP contribution in [-0.4, -0.2) is 54.3 Å². The molecule has 2 unspecified atom stereocenters. The highest BCUT2D eigenvalue weighted by Crippen LogP contribution is 2.46. The third-order valence-corrected chi connectivity index (χ3v) is 7.70. The van der Waals surface area contributed by atoms with Gasteiger partial charge >= 0.3 is 0 Å². The van der Waals surface area contributed by atoms with Gasteiger partial charge in [0.2, 0.25) is 5.91 Å². The van der Waals surface area contributed by atoms with Crippen molar-refractivity contribution >= 4 is 29.1 Å². The number of fused-ring (bicyclic) bond motifs is 4. The molecule has 3 aromatic carbocycles. The van der Waals surface area contributed by atoms with Crippen LogP contribution in [0, 0.1) is 0 Å². The van der Waals surface area contributed by atoms with Crippen molar-refractivity contribution < 1.29 is 9.59 Å². The lowest BCUT2D eigenvalue weighted by molar-refractivity contribution is -0.135. The number of anilines is 1. The lowest BCUT2D eigenvalue weighted by Gasteiger charge is -2.47. The predicted molar refractivity (Wildman–Crippen MR) is 133 cm³/mol. The van der Waals surface area contributed by atoms with Crippen molar-refractivity contribution in [3.05, 3.63) is 100 Å². The molecule has 6 heteroatoms. The van der Waals surface area contributed by atoms with Crippen LogP contribution in [0.1, 0.15) is 39.0 Å². The highest BCUT2D eigenvalue weighted by atomic mass is 35.5. The molecule has 3 aromatic rings. The summed E-state index contributed by atoms with van der Waals surface area (Å²) in [4.78, 5) is 33.7. The molecule has 34 heavy (non-hydrogen) atoms. The zero-order valence-electron chi connectivity index (χ0n) is 18.9. The third-order valence-electron chi connectivity index (χ3n) is 7.47. The zero-order chi connectivity index (χ0) is 23.2. The average Bonchev–Trinajstić information content (AvgIpc) is 2.89. The van der Waals surface area contributed by atoms with E-state index >= 15 is 0 Å². The Morgan fingerprint density at radius 3 is 2.35 bits per heavy atom. The number of carbonyl (C=O) groups is 2. The molecule has 2 atom stereocenters. The fourth-order valence-corrected chi connectivity index (χ4v) is 5.98. The van der Waals surface area contributed by atoms with E-state index in [9.17, 15) is 9.59 Å². The number of halogens is 1. The summed E-state index contributed by atoms with van der Waals surface area (Å²) in [6.07, 6.45) is 0.819. The van der Waals surface area contributed by atoms with Crippen LogP contribution in [0.5, 0.6) is 0 Å². The van der Waals surface area contributed by atoms with E-state index in [2.05, 4.69) is 23.1 Å². The van der Waals surface area contributed by atoms with Crippen molar-refractivity contribution in [2.24, 2.45) is 0 Å². The van der Waals surface area contributed by atoms with E-state index in [1.54, 1.807) is 0 Å². The minimum Gasteiger partial charge on any atom is -0.368 e. The monoisotopic (exact) mass is 471 g/mol. The van der Waals surface area contributed by atoms with Gasteiger partial charge in [0.05, 0.1) is 12.0 Å². The summed E-state index contributed by atoms with van der Waals surface area (Å²) in [7, 11) is 0. The molecule has 6 rings (SSSR count). The Bertz CT molecular complexity index is 1270. The molecule has 0 N–H and O–H groups in total. The van der Waals surface area contributed by atoms with E-state index in [1.807, 2.05) is 64.4 Å². The molecule has 2 amide bonds. The standard InChI is InChI=1S/C28H26ClN3O2/c29-20-7-5-8-21(18-20)30-14-16-31(17-15-30)28(34)25-23-10-3-4-11-24(23)27(33)32-13-12-19-6-1-2-9-22(19)26(25)32/h1-11,18,25-26H,12-17H2. The van der Waals surface area contributed by atoms with Crippen LogP contribution in [0.4, 0.5) is 5.69 Å². The predicted octanol–water partition coefficient (Wildman–Crippen LogP) is 4.53. The molecule has 3 aliphatic rings. The van der Waals surface area contributed by atoms with Crippen molar-refractivity contribution in [3.63, 3.8) is 0 Å². The van der Waals surface area contributed by atoms with Gasteiger partial charge in [-0.25, -0.2) is 0 Å². The van der Waals surface area contributed by atoms with Gasteiger partial charge in [-0.05, 0) is 47.4 Å². The van der Waals surface area contributed by atoms with E-state index in [4.69, 9.17) is 11.6 Å². The van der Waals surface area contributed by atoms with Gasteiger partial charge in [0, 0.05) is 49.0 Å². The summed E-state index contributed by atoms with van der Waals surface area (Å²) in [5.41, 5.74) is 4.94. The molecule has 0 aromatic heterocycles. The zero-order valence-corrected chi connectivity index (χ0v) is 19.6. The molecule has 5 nitrogen and oxygen atoms in total. The Morgan fingerprint density at radius 2 is 1.56 bits per heavy atom. The summed E-state index contributed by atoms with van der Waals surface area (Å²) in [6, 6.07) is 23.5. The van der Waals surface area contributed by atoms with Crippen molar-refractivity contribution in [1.29, 1.82) is 0 Å². The van der Waals surface area contributed by atoms with E-state index in [0.29, 0.717) is 25.2 Å². The van der Waals surface area contributed by atoms with E-state index < -0.39 is 5.92 Å². The van der Waals surface area contributed by atoms with Crippen LogP contribution in [0.3, 0.4) is 0 Å². The first-order valence-corrected chi connectivity index (χ1v) is 12.3. The summed E-state index contributed by atoms with van der Waals surface area (Å²) < 4.78 is 0. The molecular formula is C28H26ClN3O2. The lowest BCUT2D eigenvalue weighted by Crippen LogP contribution is -2.54. The van der Waals surface area contributed by atoms with Crippen LogP contribution in [-0.2, 0) is 11.2 Å². The Morgan fingerprint density at radius 1 is 0.824 bits per heavy atom. The van der Waals surface area contributed by atoms with Gasteiger partial charge in [0.25, 0.3) is 5.91 Å². The molecule has 0 spiro atoms. The number of nitrogens with zero attached hydrogens (tertiary/aromatic N) is 3. The van der Waals surface area contributed by atoms with Gasteiger partial charge in [-0.15, -0.1) is 0 Å². The molecule has 3 heterocycles. The van der Waals surface area contributed by atoms with Crippen molar-refractivity contribution in [2.75, 3.05) is 37.6 Å². The number of amides is 2.